The lowest BCUT2D eigenvalue weighted by Crippen LogP contribution is -2.44. The van der Waals surface area contributed by atoms with Gasteiger partial charge in [-0.1, -0.05) is 45.0 Å². The molecule has 1 aliphatic rings. The Hall–Kier alpha value is -2.53. The van der Waals surface area contributed by atoms with Gasteiger partial charge in [0.05, 0.1) is 18.0 Å². The molecule has 3 rings (SSSR count). The number of nitrogens with zero attached hydrogens (tertiary/aromatic N) is 2. The molecular formula is C25H35N3O2. The summed E-state index contributed by atoms with van der Waals surface area (Å²) in [6.07, 6.45) is 1.13. The van der Waals surface area contributed by atoms with Crippen LogP contribution in [-0.2, 0) is 10.2 Å². The molecular weight excluding hydrogens is 374 g/mol. The topological polar surface area (TPSA) is 44.8 Å². The third kappa shape index (κ3) is 6.23. The van der Waals surface area contributed by atoms with Crippen LogP contribution in [0.3, 0.4) is 0 Å². The maximum atomic E-state index is 12.5. The Morgan fingerprint density at radius 2 is 1.67 bits per heavy atom. The summed E-state index contributed by atoms with van der Waals surface area (Å²) in [4.78, 5) is 17.1. The van der Waals surface area contributed by atoms with Crippen molar-refractivity contribution in [2.75, 3.05) is 50.1 Å². The zero-order valence-electron chi connectivity index (χ0n) is 18.8. The fourth-order valence-corrected chi connectivity index (χ4v) is 3.59. The molecule has 1 aliphatic heterocycles. The maximum absolute atomic E-state index is 12.5. The minimum Gasteiger partial charge on any atom is -0.494 e. The molecule has 1 saturated heterocycles. The maximum Gasteiger partial charge on any atom is 0.224 e. The van der Waals surface area contributed by atoms with Crippen molar-refractivity contribution in [2.45, 2.75) is 39.0 Å². The molecule has 0 aliphatic carbocycles. The van der Waals surface area contributed by atoms with Gasteiger partial charge in [-0.25, -0.2) is 0 Å². The second-order valence-corrected chi connectivity index (χ2v) is 9.08. The molecule has 1 fully saturated rings. The van der Waals surface area contributed by atoms with Gasteiger partial charge in [0.25, 0.3) is 0 Å². The van der Waals surface area contributed by atoms with E-state index in [1.165, 1.54) is 5.56 Å². The molecule has 2 aromatic carbocycles. The zero-order valence-corrected chi connectivity index (χ0v) is 18.8. The Kier molecular flexibility index (Phi) is 7.38. The number of hydrogen-bond acceptors (Lipinski definition) is 4. The van der Waals surface area contributed by atoms with E-state index in [0.717, 1.165) is 43.3 Å². The Labute approximate surface area is 181 Å². The van der Waals surface area contributed by atoms with Crippen molar-refractivity contribution in [3.8, 4) is 5.75 Å². The highest BCUT2D eigenvalue weighted by Crippen LogP contribution is 2.27. The van der Waals surface area contributed by atoms with Crippen LogP contribution in [0.15, 0.2) is 48.5 Å². The van der Waals surface area contributed by atoms with E-state index in [9.17, 15) is 4.79 Å². The summed E-state index contributed by atoms with van der Waals surface area (Å²) >= 11 is 0. The van der Waals surface area contributed by atoms with Crippen molar-refractivity contribution in [3.63, 3.8) is 0 Å². The Morgan fingerprint density at radius 3 is 2.33 bits per heavy atom. The summed E-state index contributed by atoms with van der Waals surface area (Å²) in [5, 5.41) is 3.09. The minimum absolute atomic E-state index is 0.0308. The number of piperazine rings is 1. The molecule has 1 amide bonds. The third-order valence-electron chi connectivity index (χ3n) is 5.56. The van der Waals surface area contributed by atoms with Crippen molar-refractivity contribution in [1.29, 1.82) is 0 Å². The molecule has 0 aromatic heterocycles. The first-order valence-corrected chi connectivity index (χ1v) is 10.9. The predicted molar refractivity (Wildman–Crippen MR) is 125 cm³/mol. The molecule has 162 valence electrons. The van der Waals surface area contributed by atoms with Crippen LogP contribution in [0.25, 0.3) is 0 Å². The first kappa shape index (κ1) is 22.2. The van der Waals surface area contributed by atoms with Crippen molar-refractivity contribution >= 4 is 17.3 Å². The molecule has 1 heterocycles. The normalized spacial score (nSPS) is 15.1. The van der Waals surface area contributed by atoms with Crippen LogP contribution in [-0.4, -0.2) is 50.6 Å². The van der Waals surface area contributed by atoms with E-state index in [0.29, 0.717) is 19.4 Å². The third-order valence-corrected chi connectivity index (χ3v) is 5.56. The number of anilines is 2. The molecule has 0 radical (unpaired) electrons. The number of nitrogens with one attached hydrogen (secondary N) is 1. The Bertz CT molecular complexity index is 819. The van der Waals surface area contributed by atoms with Crippen molar-refractivity contribution < 1.29 is 9.53 Å². The lowest BCUT2D eigenvalue weighted by molar-refractivity contribution is -0.116. The van der Waals surface area contributed by atoms with Gasteiger partial charge >= 0.3 is 0 Å². The zero-order chi connectivity index (χ0) is 21.6. The van der Waals surface area contributed by atoms with Crippen LogP contribution >= 0.6 is 0 Å². The van der Waals surface area contributed by atoms with Crippen molar-refractivity contribution in [1.82, 2.24) is 4.90 Å². The number of para-hydroxylation sites is 2. The van der Waals surface area contributed by atoms with Gasteiger partial charge in [0.2, 0.25) is 5.91 Å². The standard InChI is InChI=1S/C25H35N3O2/c1-25(2,3)20-11-13-21(14-12-20)30-19-7-10-24(29)26-22-8-5-6-9-23(22)28-17-15-27(4)16-18-28/h5-6,8-9,11-14H,7,10,15-19H2,1-4H3,(H,26,29). The SMILES string of the molecule is CN1CCN(c2ccccc2NC(=O)CCCOc2ccc(C(C)(C)C)cc2)CC1. The number of hydrogen-bond donors (Lipinski definition) is 1. The van der Waals surface area contributed by atoms with E-state index in [1.54, 1.807) is 0 Å². The van der Waals surface area contributed by atoms with Crippen molar-refractivity contribution in [2.24, 2.45) is 0 Å². The summed E-state index contributed by atoms with van der Waals surface area (Å²) in [6.45, 7) is 11.2. The van der Waals surface area contributed by atoms with E-state index in [4.69, 9.17) is 4.74 Å². The molecule has 0 spiro atoms. The van der Waals surface area contributed by atoms with Gasteiger partial charge < -0.3 is 19.9 Å². The largest absolute Gasteiger partial charge is 0.494 e. The summed E-state index contributed by atoms with van der Waals surface area (Å²) in [7, 11) is 2.14. The average molecular weight is 410 g/mol. The fourth-order valence-electron chi connectivity index (χ4n) is 3.59. The Morgan fingerprint density at radius 1 is 1.00 bits per heavy atom. The van der Waals surface area contributed by atoms with E-state index < -0.39 is 0 Å². The van der Waals surface area contributed by atoms with Crippen LogP contribution in [0, 0.1) is 0 Å². The van der Waals surface area contributed by atoms with Crippen LogP contribution in [0.2, 0.25) is 0 Å². The highest BCUT2D eigenvalue weighted by atomic mass is 16.5. The van der Waals surface area contributed by atoms with E-state index in [-0.39, 0.29) is 11.3 Å². The number of amides is 1. The van der Waals surface area contributed by atoms with Gasteiger partial charge in [-0.2, -0.15) is 0 Å². The molecule has 1 N–H and O–H groups in total. The number of likely N-dealkylation sites (N-methyl/N-ethyl adjacent to an activating group) is 1. The molecule has 0 atom stereocenters. The number of carbonyl (C=O) groups is 1. The lowest BCUT2D eigenvalue weighted by Gasteiger charge is -2.35. The number of benzene rings is 2. The predicted octanol–water partition coefficient (Wildman–Crippen LogP) is 4.53. The Balaban J connectivity index is 1.45. The molecule has 2 aromatic rings. The van der Waals surface area contributed by atoms with Gasteiger partial charge in [-0.05, 0) is 48.7 Å². The highest BCUT2D eigenvalue weighted by molar-refractivity contribution is 5.94. The minimum atomic E-state index is 0.0308. The van der Waals surface area contributed by atoms with E-state index >= 15 is 0 Å². The average Bonchev–Trinajstić information content (AvgIpc) is 2.72. The van der Waals surface area contributed by atoms with Gasteiger partial charge in [-0.15, -0.1) is 0 Å². The smallest absolute Gasteiger partial charge is 0.224 e. The summed E-state index contributed by atoms with van der Waals surface area (Å²) < 4.78 is 5.81. The highest BCUT2D eigenvalue weighted by Gasteiger charge is 2.17. The number of rotatable bonds is 7. The summed E-state index contributed by atoms with van der Waals surface area (Å²) in [5.74, 6) is 0.882. The summed E-state index contributed by atoms with van der Waals surface area (Å²) in [6, 6.07) is 16.3. The van der Waals surface area contributed by atoms with Gasteiger partial charge in [0.15, 0.2) is 0 Å². The van der Waals surface area contributed by atoms with Crippen LogP contribution < -0.4 is 15.0 Å². The first-order valence-electron chi connectivity index (χ1n) is 10.9. The number of ether oxygens (including phenoxy) is 1. The quantitative estimate of drug-likeness (QED) is 0.682. The molecule has 0 unspecified atom stereocenters. The molecule has 30 heavy (non-hydrogen) atoms. The van der Waals surface area contributed by atoms with Crippen LogP contribution in [0.1, 0.15) is 39.2 Å². The lowest BCUT2D eigenvalue weighted by atomic mass is 9.87. The first-order chi connectivity index (χ1) is 14.3. The fraction of sp³-hybridized carbons (Fsp3) is 0.480. The monoisotopic (exact) mass is 409 g/mol. The second kappa shape index (κ2) is 9.98. The van der Waals surface area contributed by atoms with E-state index in [2.05, 4.69) is 61.1 Å². The van der Waals surface area contributed by atoms with Gasteiger partial charge in [-0.3, -0.25) is 4.79 Å². The van der Waals surface area contributed by atoms with Gasteiger partial charge in [0, 0.05) is 32.6 Å². The molecule has 5 nitrogen and oxygen atoms in total. The summed E-state index contributed by atoms with van der Waals surface area (Å²) in [5.41, 5.74) is 3.42. The molecule has 0 saturated carbocycles. The molecule has 5 heteroatoms. The van der Waals surface area contributed by atoms with E-state index in [1.807, 2.05) is 30.3 Å². The van der Waals surface area contributed by atoms with Crippen molar-refractivity contribution in [3.05, 3.63) is 54.1 Å². The molecule has 0 bridgehead atoms. The van der Waals surface area contributed by atoms with Crippen LogP contribution in [0.5, 0.6) is 5.75 Å². The van der Waals surface area contributed by atoms with Gasteiger partial charge in [0.1, 0.15) is 5.75 Å². The number of carbonyl (C=O) groups excluding carboxylic acids is 1. The van der Waals surface area contributed by atoms with Crippen LogP contribution in [0.4, 0.5) is 11.4 Å². The second-order valence-electron chi connectivity index (χ2n) is 9.08.